The second-order valence-corrected chi connectivity index (χ2v) is 24.1. The van der Waals surface area contributed by atoms with E-state index in [1.165, 1.54) is 36.4 Å². The maximum atomic E-state index is 17.1. The van der Waals surface area contributed by atoms with Crippen LogP contribution in [0.3, 0.4) is 0 Å². The second-order valence-electron chi connectivity index (χ2n) is 24.1. The molecule has 0 heterocycles. The van der Waals surface area contributed by atoms with E-state index in [0.717, 1.165) is 68.7 Å². The number of benzene rings is 18. The summed E-state index contributed by atoms with van der Waals surface area (Å²) in [5.41, 5.74) is -8.83. The predicted octanol–water partition coefficient (Wildman–Crippen LogP) is 25.8. The zero-order valence-electron chi connectivity index (χ0n) is 48.0. The quantitative estimate of drug-likeness (QED) is 0.129. The lowest BCUT2D eigenvalue weighted by atomic mass is 9.78. The average Bonchev–Trinajstić information content (AvgIpc) is 0.701. The van der Waals surface area contributed by atoms with Gasteiger partial charge in [0, 0.05) is 44.2 Å². The number of hydrogen-bond acceptors (Lipinski definition) is 1. The van der Waals surface area contributed by atoms with Crippen molar-refractivity contribution in [2.45, 2.75) is 24.7 Å². The standard InChI is InChI=1S/C80H39F12N/c81-77(82,83)59-19-3-1-17-49(59)71-69(51-31-25-43-13-7-15-45-27-33-53(67(51)63(43)45)73(71)79(87,88)89)57-37-47-23-21-39-9-5-11-41-29-35-55(65(47)61(39)41)75(57)93-76-56-36-30-42-12-6-10-40-22-24-48(66(56)62(40)42)38-58(76)70-52-32-26-44-14-8-16-46-28-34-54(68(52)64(44)46)74(80(90,91)92)72(70)50-18-2-4-20-60(50)78(84,85)86/h1-38,93H. The van der Waals surface area contributed by atoms with Crippen molar-refractivity contribution in [2.24, 2.45) is 0 Å². The molecule has 18 aromatic carbocycles. The molecule has 0 bridgehead atoms. The van der Waals surface area contributed by atoms with Crippen LogP contribution in [0.4, 0.5) is 64.1 Å². The Morgan fingerprint density at radius 3 is 0.806 bits per heavy atom. The van der Waals surface area contributed by atoms with Crippen LogP contribution in [0.1, 0.15) is 22.3 Å². The van der Waals surface area contributed by atoms with Gasteiger partial charge in [-0.05, 0) is 154 Å². The van der Waals surface area contributed by atoms with Crippen molar-refractivity contribution in [3.05, 3.63) is 253 Å². The van der Waals surface area contributed by atoms with E-state index in [1.54, 1.807) is 97.1 Å². The molecule has 0 amide bonds. The third kappa shape index (κ3) is 7.79. The molecule has 0 aliphatic carbocycles. The molecule has 0 saturated heterocycles. The highest BCUT2D eigenvalue weighted by atomic mass is 19.4. The monoisotopic (exact) mass is 1240 g/mol. The third-order valence-corrected chi connectivity index (χ3v) is 19.3. The van der Waals surface area contributed by atoms with Crippen molar-refractivity contribution in [1.29, 1.82) is 0 Å². The Morgan fingerprint density at radius 2 is 0.484 bits per heavy atom. The summed E-state index contributed by atoms with van der Waals surface area (Å²) >= 11 is 0. The Bertz CT molecular complexity index is 5770. The zero-order valence-corrected chi connectivity index (χ0v) is 48.0. The fraction of sp³-hybridized carbons (Fsp3) is 0.0500. The van der Waals surface area contributed by atoms with E-state index in [2.05, 4.69) is 5.32 Å². The van der Waals surface area contributed by atoms with Gasteiger partial charge in [0.15, 0.2) is 0 Å². The predicted molar refractivity (Wildman–Crippen MR) is 353 cm³/mol. The Balaban J connectivity index is 1.09. The molecule has 93 heavy (non-hydrogen) atoms. The molecule has 18 aromatic rings. The minimum atomic E-state index is -5.33. The number of halogens is 12. The van der Waals surface area contributed by atoms with Crippen molar-refractivity contribution in [3.63, 3.8) is 0 Å². The molecule has 0 aliphatic heterocycles. The number of nitrogens with one attached hydrogen (secondary N) is 1. The number of alkyl halides is 12. The van der Waals surface area contributed by atoms with Gasteiger partial charge in [-0.3, -0.25) is 0 Å². The molecular formula is C80H39F12N. The molecule has 1 N–H and O–H groups in total. The Morgan fingerprint density at radius 1 is 0.204 bits per heavy atom. The molecule has 0 aliphatic rings. The van der Waals surface area contributed by atoms with E-state index in [-0.39, 0.29) is 65.9 Å². The van der Waals surface area contributed by atoms with Gasteiger partial charge in [0.2, 0.25) is 0 Å². The molecule has 0 saturated carbocycles. The van der Waals surface area contributed by atoms with Crippen LogP contribution in [0.5, 0.6) is 0 Å². The fourth-order valence-corrected chi connectivity index (χ4v) is 15.8. The summed E-state index contributed by atoms with van der Waals surface area (Å²) in [6.45, 7) is 0. The van der Waals surface area contributed by atoms with Crippen LogP contribution in [0.25, 0.3) is 174 Å². The van der Waals surface area contributed by atoms with Gasteiger partial charge >= 0.3 is 24.7 Å². The van der Waals surface area contributed by atoms with Crippen LogP contribution in [-0.2, 0) is 24.7 Å². The van der Waals surface area contributed by atoms with Crippen molar-refractivity contribution < 1.29 is 52.7 Å². The minimum absolute atomic E-state index is 0.0121. The van der Waals surface area contributed by atoms with E-state index in [1.807, 2.05) is 60.7 Å². The fourth-order valence-electron chi connectivity index (χ4n) is 15.8. The van der Waals surface area contributed by atoms with Gasteiger partial charge in [-0.1, -0.05) is 206 Å². The second kappa shape index (κ2) is 18.9. The molecule has 0 aromatic heterocycles. The lowest BCUT2D eigenvalue weighted by Gasteiger charge is -2.29. The van der Waals surface area contributed by atoms with E-state index in [4.69, 9.17) is 0 Å². The van der Waals surface area contributed by atoms with Crippen molar-refractivity contribution in [2.75, 3.05) is 5.32 Å². The average molecular weight is 1240 g/mol. The first-order valence-electron chi connectivity index (χ1n) is 29.8. The molecule has 18 rings (SSSR count). The van der Waals surface area contributed by atoms with Gasteiger partial charge < -0.3 is 5.32 Å². The summed E-state index contributed by atoms with van der Waals surface area (Å²) in [6.07, 6.45) is -21.1. The van der Waals surface area contributed by atoms with Crippen LogP contribution in [0.15, 0.2) is 231 Å². The summed E-state index contributed by atoms with van der Waals surface area (Å²) in [5, 5.41) is 14.2. The maximum Gasteiger partial charge on any atom is 0.417 e. The Hall–Kier alpha value is -10.9. The smallest absolute Gasteiger partial charge is 0.353 e. The van der Waals surface area contributed by atoms with Crippen molar-refractivity contribution in [1.82, 2.24) is 0 Å². The zero-order chi connectivity index (χ0) is 63.5. The first-order chi connectivity index (χ1) is 44.7. The molecule has 0 atom stereocenters. The minimum Gasteiger partial charge on any atom is -0.353 e. The molecule has 0 fully saturated rings. The number of hydrogen-bond donors (Lipinski definition) is 1. The number of rotatable bonds is 6. The van der Waals surface area contributed by atoms with E-state index in [0.29, 0.717) is 64.6 Å². The first-order valence-corrected chi connectivity index (χ1v) is 29.8. The SMILES string of the molecule is FC(F)(F)c1ccccc1-c1c(-c2cc3ccc4cccc5ccc(c2Nc2c(-c6c(-c7ccccc7C(F)(F)F)c(C(F)(F)F)c7ccc8cccc9ccc6c7c98)cc6ccc7cccc8ccc2c6c78)c3c45)c2ccc3cccc4ccc(c1C(F)(F)F)c2c34. The highest BCUT2D eigenvalue weighted by Gasteiger charge is 2.45. The summed E-state index contributed by atoms with van der Waals surface area (Å²) in [7, 11) is 0. The van der Waals surface area contributed by atoms with Crippen molar-refractivity contribution in [3.8, 4) is 44.5 Å². The van der Waals surface area contributed by atoms with E-state index < -0.39 is 69.2 Å². The molecule has 0 unspecified atom stereocenters. The van der Waals surface area contributed by atoms with Gasteiger partial charge in [-0.25, -0.2) is 0 Å². The summed E-state index contributed by atoms with van der Waals surface area (Å²) in [6, 6.07) is 60.4. The first kappa shape index (κ1) is 55.0. The molecular weight excluding hydrogens is 1200 g/mol. The number of anilines is 2. The molecule has 0 radical (unpaired) electrons. The highest BCUT2D eigenvalue weighted by molar-refractivity contribution is 6.35. The van der Waals surface area contributed by atoms with E-state index in [9.17, 15) is 0 Å². The molecule has 448 valence electrons. The lowest BCUT2D eigenvalue weighted by Crippen LogP contribution is -2.14. The van der Waals surface area contributed by atoms with Gasteiger partial charge in [0.1, 0.15) is 0 Å². The van der Waals surface area contributed by atoms with Gasteiger partial charge in [-0.15, -0.1) is 0 Å². The van der Waals surface area contributed by atoms with Gasteiger partial charge in [0.05, 0.1) is 33.6 Å². The topological polar surface area (TPSA) is 12.0 Å². The molecule has 0 spiro atoms. The van der Waals surface area contributed by atoms with E-state index >= 15 is 52.7 Å². The third-order valence-electron chi connectivity index (χ3n) is 19.3. The van der Waals surface area contributed by atoms with Crippen LogP contribution in [0, 0.1) is 0 Å². The molecule has 1 nitrogen and oxygen atoms in total. The Kier molecular flexibility index (Phi) is 11.1. The van der Waals surface area contributed by atoms with Crippen LogP contribution < -0.4 is 5.32 Å². The summed E-state index contributed by atoms with van der Waals surface area (Å²) < 4.78 is 198. The Labute approximate surface area is 518 Å². The van der Waals surface area contributed by atoms with Gasteiger partial charge in [0.25, 0.3) is 0 Å². The summed E-state index contributed by atoms with van der Waals surface area (Å²) in [5.74, 6) is 0. The largest absolute Gasteiger partial charge is 0.417 e. The van der Waals surface area contributed by atoms with Crippen LogP contribution in [0.2, 0.25) is 0 Å². The van der Waals surface area contributed by atoms with Gasteiger partial charge in [-0.2, -0.15) is 52.7 Å². The van der Waals surface area contributed by atoms with Crippen molar-refractivity contribution >= 4 is 141 Å². The highest BCUT2D eigenvalue weighted by Crippen LogP contribution is 2.60. The van der Waals surface area contributed by atoms with Crippen LogP contribution in [-0.4, -0.2) is 0 Å². The van der Waals surface area contributed by atoms with Crippen LogP contribution >= 0.6 is 0 Å². The molecule has 13 heteroatoms. The summed E-state index contributed by atoms with van der Waals surface area (Å²) in [4.78, 5) is 0. The lowest BCUT2D eigenvalue weighted by molar-refractivity contribution is -0.138. The normalized spacial score (nSPS) is 13.2. The maximum absolute atomic E-state index is 17.1.